The van der Waals surface area contributed by atoms with Crippen molar-refractivity contribution in [2.75, 3.05) is 23.7 Å². The molecule has 1 aromatic rings. The standard InChI is InChI=1S/C16H26N2O/c1-3-4-5-6-7-11-18-12-13(2)19-15-10-8-9-14(17)16(15)18/h8-10,13H,3-7,11-12,17H2,1-2H3. The van der Waals surface area contributed by atoms with E-state index in [-0.39, 0.29) is 6.10 Å². The fraction of sp³-hybridized carbons (Fsp3) is 0.625. The lowest BCUT2D eigenvalue weighted by atomic mass is 10.1. The molecule has 1 unspecified atom stereocenters. The molecule has 1 heterocycles. The van der Waals surface area contributed by atoms with Crippen LogP contribution in [0.25, 0.3) is 0 Å². The Hall–Kier alpha value is -1.38. The zero-order valence-corrected chi connectivity index (χ0v) is 12.2. The van der Waals surface area contributed by atoms with Gasteiger partial charge in [-0.05, 0) is 25.5 Å². The number of nitrogens with two attached hydrogens (primary N) is 1. The van der Waals surface area contributed by atoms with Crippen LogP contribution in [-0.4, -0.2) is 19.2 Å². The smallest absolute Gasteiger partial charge is 0.145 e. The van der Waals surface area contributed by atoms with Crippen LogP contribution in [0.4, 0.5) is 11.4 Å². The van der Waals surface area contributed by atoms with Gasteiger partial charge in [0.05, 0.1) is 12.2 Å². The van der Waals surface area contributed by atoms with E-state index < -0.39 is 0 Å². The summed E-state index contributed by atoms with van der Waals surface area (Å²) in [5, 5.41) is 0. The zero-order chi connectivity index (χ0) is 13.7. The van der Waals surface area contributed by atoms with Crippen molar-refractivity contribution < 1.29 is 4.74 Å². The molecule has 3 heteroatoms. The molecule has 1 aliphatic heterocycles. The second-order valence-corrected chi connectivity index (χ2v) is 5.48. The second kappa shape index (κ2) is 6.69. The Morgan fingerprint density at radius 1 is 1.26 bits per heavy atom. The maximum atomic E-state index is 6.11. The van der Waals surface area contributed by atoms with Crippen LogP contribution in [0.5, 0.6) is 5.75 Å². The van der Waals surface area contributed by atoms with E-state index in [0.29, 0.717) is 0 Å². The van der Waals surface area contributed by atoms with Gasteiger partial charge in [-0.3, -0.25) is 0 Å². The first-order chi connectivity index (χ1) is 9.22. The predicted octanol–water partition coefficient (Wildman–Crippen LogP) is 3.83. The van der Waals surface area contributed by atoms with Gasteiger partial charge in [-0.2, -0.15) is 0 Å². The van der Waals surface area contributed by atoms with Crippen molar-refractivity contribution in [2.24, 2.45) is 0 Å². The molecule has 1 aromatic carbocycles. The van der Waals surface area contributed by atoms with E-state index in [4.69, 9.17) is 10.5 Å². The Balaban J connectivity index is 1.98. The summed E-state index contributed by atoms with van der Waals surface area (Å²) in [7, 11) is 0. The molecule has 106 valence electrons. The number of fused-ring (bicyclic) bond motifs is 1. The van der Waals surface area contributed by atoms with Crippen molar-refractivity contribution in [2.45, 2.75) is 52.1 Å². The molecular weight excluding hydrogens is 236 g/mol. The van der Waals surface area contributed by atoms with Gasteiger partial charge in [0.25, 0.3) is 0 Å². The average Bonchev–Trinajstić information content (AvgIpc) is 2.38. The first-order valence-corrected chi connectivity index (χ1v) is 7.52. The van der Waals surface area contributed by atoms with E-state index in [1.165, 1.54) is 32.1 Å². The summed E-state index contributed by atoms with van der Waals surface area (Å²) in [5.74, 6) is 0.937. The van der Waals surface area contributed by atoms with Crippen LogP contribution in [0, 0.1) is 0 Å². The maximum Gasteiger partial charge on any atom is 0.145 e. The minimum atomic E-state index is 0.241. The van der Waals surface area contributed by atoms with Gasteiger partial charge in [0.1, 0.15) is 17.5 Å². The number of anilines is 2. The first kappa shape index (κ1) is 14.0. The largest absolute Gasteiger partial charge is 0.487 e. The van der Waals surface area contributed by atoms with Crippen LogP contribution < -0.4 is 15.4 Å². The topological polar surface area (TPSA) is 38.5 Å². The number of unbranched alkanes of at least 4 members (excludes halogenated alkanes) is 4. The quantitative estimate of drug-likeness (QED) is 0.625. The SMILES string of the molecule is CCCCCCCN1CC(C)Oc2cccc(N)c21. The summed E-state index contributed by atoms with van der Waals surface area (Å²) in [6.07, 6.45) is 6.77. The highest BCUT2D eigenvalue weighted by Crippen LogP contribution is 2.38. The Labute approximate surface area is 116 Å². The minimum Gasteiger partial charge on any atom is -0.487 e. The molecule has 2 rings (SSSR count). The van der Waals surface area contributed by atoms with Gasteiger partial charge in [-0.15, -0.1) is 0 Å². The summed E-state index contributed by atoms with van der Waals surface area (Å²) in [6, 6.07) is 5.94. The molecule has 19 heavy (non-hydrogen) atoms. The van der Waals surface area contributed by atoms with E-state index in [1.807, 2.05) is 18.2 Å². The van der Waals surface area contributed by atoms with Gasteiger partial charge in [0.2, 0.25) is 0 Å². The number of para-hydroxylation sites is 1. The number of ether oxygens (including phenoxy) is 1. The number of hydrogen-bond donors (Lipinski definition) is 1. The molecule has 0 saturated heterocycles. The summed E-state index contributed by atoms with van der Waals surface area (Å²) in [5.41, 5.74) is 8.03. The minimum absolute atomic E-state index is 0.241. The average molecular weight is 262 g/mol. The van der Waals surface area contributed by atoms with E-state index in [9.17, 15) is 0 Å². The molecule has 2 N–H and O–H groups in total. The fourth-order valence-electron chi connectivity index (χ4n) is 2.74. The Morgan fingerprint density at radius 2 is 2.05 bits per heavy atom. The van der Waals surface area contributed by atoms with Crippen LogP contribution in [0.1, 0.15) is 46.0 Å². The highest BCUT2D eigenvalue weighted by Gasteiger charge is 2.24. The third-order valence-corrected chi connectivity index (χ3v) is 3.68. The van der Waals surface area contributed by atoms with Crippen molar-refractivity contribution in [1.82, 2.24) is 0 Å². The molecule has 0 saturated carbocycles. The summed E-state index contributed by atoms with van der Waals surface area (Å²) in [6.45, 7) is 6.39. The van der Waals surface area contributed by atoms with Crippen LogP contribution in [-0.2, 0) is 0 Å². The van der Waals surface area contributed by atoms with E-state index in [0.717, 1.165) is 30.2 Å². The molecule has 0 spiro atoms. The van der Waals surface area contributed by atoms with Gasteiger partial charge in [0, 0.05) is 6.54 Å². The Bertz CT molecular complexity index is 406. The van der Waals surface area contributed by atoms with Crippen molar-refractivity contribution in [3.8, 4) is 5.75 Å². The summed E-state index contributed by atoms with van der Waals surface area (Å²) in [4.78, 5) is 2.39. The lowest BCUT2D eigenvalue weighted by molar-refractivity contribution is 0.212. The van der Waals surface area contributed by atoms with Crippen molar-refractivity contribution in [3.63, 3.8) is 0 Å². The predicted molar refractivity (Wildman–Crippen MR) is 81.9 cm³/mol. The fourth-order valence-corrected chi connectivity index (χ4v) is 2.74. The first-order valence-electron chi connectivity index (χ1n) is 7.52. The Kier molecular flexibility index (Phi) is 4.94. The van der Waals surface area contributed by atoms with E-state index >= 15 is 0 Å². The highest BCUT2D eigenvalue weighted by atomic mass is 16.5. The van der Waals surface area contributed by atoms with Gasteiger partial charge in [0.15, 0.2) is 0 Å². The second-order valence-electron chi connectivity index (χ2n) is 5.48. The van der Waals surface area contributed by atoms with Crippen molar-refractivity contribution >= 4 is 11.4 Å². The normalized spacial score (nSPS) is 18.0. The van der Waals surface area contributed by atoms with Gasteiger partial charge < -0.3 is 15.4 Å². The van der Waals surface area contributed by atoms with Crippen LogP contribution >= 0.6 is 0 Å². The lowest BCUT2D eigenvalue weighted by Crippen LogP contribution is -2.39. The maximum absolute atomic E-state index is 6.11. The number of benzene rings is 1. The molecule has 1 aliphatic rings. The third-order valence-electron chi connectivity index (χ3n) is 3.68. The molecular formula is C16H26N2O. The van der Waals surface area contributed by atoms with Gasteiger partial charge >= 0.3 is 0 Å². The molecule has 0 radical (unpaired) electrons. The van der Waals surface area contributed by atoms with Crippen LogP contribution in [0.3, 0.4) is 0 Å². The number of nitrogen functional groups attached to an aromatic ring is 1. The lowest BCUT2D eigenvalue weighted by Gasteiger charge is -2.35. The number of nitrogens with zero attached hydrogens (tertiary/aromatic N) is 1. The van der Waals surface area contributed by atoms with E-state index in [2.05, 4.69) is 18.7 Å². The Morgan fingerprint density at radius 3 is 2.84 bits per heavy atom. The molecule has 1 atom stereocenters. The van der Waals surface area contributed by atoms with Crippen molar-refractivity contribution in [1.29, 1.82) is 0 Å². The molecule has 0 aromatic heterocycles. The van der Waals surface area contributed by atoms with Gasteiger partial charge in [-0.1, -0.05) is 38.7 Å². The van der Waals surface area contributed by atoms with Crippen LogP contribution in [0.15, 0.2) is 18.2 Å². The number of hydrogen-bond acceptors (Lipinski definition) is 3. The van der Waals surface area contributed by atoms with E-state index in [1.54, 1.807) is 0 Å². The summed E-state index contributed by atoms with van der Waals surface area (Å²) < 4.78 is 5.87. The van der Waals surface area contributed by atoms with Gasteiger partial charge in [-0.25, -0.2) is 0 Å². The molecule has 0 bridgehead atoms. The number of rotatable bonds is 6. The van der Waals surface area contributed by atoms with Crippen LogP contribution in [0.2, 0.25) is 0 Å². The monoisotopic (exact) mass is 262 g/mol. The molecule has 0 aliphatic carbocycles. The van der Waals surface area contributed by atoms with Crippen molar-refractivity contribution in [3.05, 3.63) is 18.2 Å². The zero-order valence-electron chi connectivity index (χ0n) is 12.2. The molecule has 3 nitrogen and oxygen atoms in total. The molecule has 0 amide bonds. The molecule has 0 fully saturated rings. The third kappa shape index (κ3) is 3.55. The highest BCUT2D eigenvalue weighted by molar-refractivity contribution is 5.75. The summed E-state index contributed by atoms with van der Waals surface area (Å²) >= 11 is 0.